The van der Waals surface area contributed by atoms with E-state index < -0.39 is 0 Å². The van der Waals surface area contributed by atoms with Crippen molar-refractivity contribution < 1.29 is 13.9 Å². The molecule has 0 spiro atoms. The molecular formula is C21H19FN4O2. The summed E-state index contributed by atoms with van der Waals surface area (Å²) in [5.41, 5.74) is 10.6. The average molecular weight is 378 g/mol. The Kier molecular flexibility index (Phi) is 4.18. The van der Waals surface area contributed by atoms with Crippen LogP contribution in [0, 0.1) is 5.82 Å². The summed E-state index contributed by atoms with van der Waals surface area (Å²) >= 11 is 0. The average Bonchev–Trinajstić information content (AvgIpc) is 3.10. The maximum Gasteiger partial charge on any atom is 0.152 e. The molecule has 0 radical (unpaired) electrons. The first-order valence-electron chi connectivity index (χ1n) is 9.17. The number of nitrogen functional groups attached to an aromatic ring is 1. The zero-order valence-corrected chi connectivity index (χ0v) is 15.2. The molecule has 2 aromatic carbocycles. The van der Waals surface area contributed by atoms with Crippen molar-refractivity contribution in [3.8, 4) is 0 Å². The molecule has 0 bridgehead atoms. The van der Waals surface area contributed by atoms with Crippen LogP contribution in [-0.2, 0) is 35.8 Å². The lowest BCUT2D eigenvalue weighted by molar-refractivity contribution is 0.0831. The Morgan fingerprint density at radius 1 is 1.11 bits per heavy atom. The Labute approximate surface area is 160 Å². The predicted molar refractivity (Wildman–Crippen MR) is 104 cm³/mol. The molecule has 2 N–H and O–H groups in total. The number of benzene rings is 2. The Hall–Kier alpha value is -3.03. The fraction of sp³-hybridized carbons (Fsp3) is 0.238. The molecule has 142 valence electrons. The van der Waals surface area contributed by atoms with Crippen LogP contribution in [0.2, 0.25) is 0 Å². The standard InChI is InChI=1S/C21H19FN4O2/c22-15-6-4-13(5-7-15)10-28-11-14-2-1-3-16-18(14)20-19(21(23)24-16)25-17-12-27-9-8-26(17)20/h1-7H,8-12H2,(H2,23,24). The van der Waals surface area contributed by atoms with Crippen LogP contribution in [-0.4, -0.2) is 21.1 Å². The molecule has 6 nitrogen and oxygen atoms in total. The molecule has 2 aromatic heterocycles. The third kappa shape index (κ3) is 2.89. The molecule has 0 fully saturated rings. The summed E-state index contributed by atoms with van der Waals surface area (Å²) in [6.07, 6.45) is 0. The number of ether oxygens (including phenoxy) is 2. The number of fused-ring (bicyclic) bond motifs is 5. The maximum atomic E-state index is 13.1. The van der Waals surface area contributed by atoms with E-state index in [1.54, 1.807) is 12.1 Å². The van der Waals surface area contributed by atoms with Crippen molar-refractivity contribution in [1.82, 2.24) is 14.5 Å². The van der Waals surface area contributed by atoms with Gasteiger partial charge in [-0.3, -0.25) is 0 Å². The van der Waals surface area contributed by atoms with Gasteiger partial charge in [0.05, 0.1) is 30.9 Å². The van der Waals surface area contributed by atoms with E-state index >= 15 is 0 Å². The lowest BCUT2D eigenvalue weighted by Gasteiger charge is -2.16. The van der Waals surface area contributed by atoms with E-state index in [4.69, 9.17) is 15.2 Å². The van der Waals surface area contributed by atoms with Gasteiger partial charge in [-0.25, -0.2) is 14.4 Å². The second-order valence-electron chi connectivity index (χ2n) is 6.86. The molecule has 7 heteroatoms. The third-order valence-electron chi connectivity index (χ3n) is 5.03. The van der Waals surface area contributed by atoms with Gasteiger partial charge in [0.2, 0.25) is 0 Å². The number of hydrogen-bond donors (Lipinski definition) is 1. The van der Waals surface area contributed by atoms with Crippen molar-refractivity contribution in [2.45, 2.75) is 26.4 Å². The summed E-state index contributed by atoms with van der Waals surface area (Å²) in [4.78, 5) is 9.20. The summed E-state index contributed by atoms with van der Waals surface area (Å²) in [6.45, 7) is 2.66. The van der Waals surface area contributed by atoms with Crippen molar-refractivity contribution >= 4 is 27.8 Å². The first kappa shape index (κ1) is 17.1. The fourth-order valence-corrected chi connectivity index (χ4v) is 3.72. The molecule has 0 saturated heterocycles. The van der Waals surface area contributed by atoms with E-state index in [0.717, 1.165) is 39.9 Å². The Morgan fingerprint density at radius 2 is 1.96 bits per heavy atom. The van der Waals surface area contributed by atoms with Crippen LogP contribution in [0.15, 0.2) is 42.5 Å². The van der Waals surface area contributed by atoms with Crippen LogP contribution in [0.25, 0.3) is 21.9 Å². The molecule has 0 atom stereocenters. The van der Waals surface area contributed by atoms with Crippen LogP contribution in [0.3, 0.4) is 0 Å². The minimum absolute atomic E-state index is 0.252. The van der Waals surface area contributed by atoms with Gasteiger partial charge < -0.3 is 19.8 Å². The second kappa shape index (κ2) is 6.85. The molecule has 1 aliphatic rings. The normalized spacial score (nSPS) is 13.9. The zero-order chi connectivity index (χ0) is 19.1. The first-order valence-corrected chi connectivity index (χ1v) is 9.17. The Balaban J connectivity index is 1.55. The number of nitrogens with zero attached hydrogens (tertiary/aromatic N) is 3. The molecule has 28 heavy (non-hydrogen) atoms. The van der Waals surface area contributed by atoms with E-state index in [0.29, 0.717) is 37.8 Å². The number of nitrogens with two attached hydrogens (primary N) is 1. The van der Waals surface area contributed by atoms with Gasteiger partial charge in [-0.05, 0) is 29.3 Å². The highest BCUT2D eigenvalue weighted by Crippen LogP contribution is 2.32. The van der Waals surface area contributed by atoms with Crippen molar-refractivity contribution in [2.75, 3.05) is 12.3 Å². The molecular weight excluding hydrogens is 359 g/mol. The van der Waals surface area contributed by atoms with Crippen LogP contribution in [0.1, 0.15) is 17.0 Å². The minimum Gasteiger partial charge on any atom is -0.382 e. The molecule has 5 rings (SSSR count). The quantitative estimate of drug-likeness (QED) is 0.588. The van der Waals surface area contributed by atoms with E-state index in [-0.39, 0.29) is 5.82 Å². The number of halogens is 1. The SMILES string of the molecule is Nc1nc2cccc(COCc3ccc(F)cc3)c2c2c1nc1n2CCOC1. The lowest BCUT2D eigenvalue weighted by atomic mass is 10.1. The summed E-state index contributed by atoms with van der Waals surface area (Å²) in [7, 11) is 0. The summed E-state index contributed by atoms with van der Waals surface area (Å²) in [6, 6.07) is 12.3. The summed E-state index contributed by atoms with van der Waals surface area (Å²) < 4.78 is 26.7. The number of aromatic nitrogens is 3. The first-order chi connectivity index (χ1) is 13.7. The molecule has 0 saturated carbocycles. The van der Waals surface area contributed by atoms with Gasteiger partial charge in [0, 0.05) is 11.9 Å². The van der Waals surface area contributed by atoms with E-state index in [2.05, 4.69) is 14.5 Å². The summed E-state index contributed by atoms with van der Waals surface area (Å²) in [5, 5.41) is 1.01. The molecule has 0 amide bonds. The zero-order valence-electron chi connectivity index (χ0n) is 15.2. The van der Waals surface area contributed by atoms with Crippen molar-refractivity contribution in [3.05, 3.63) is 65.2 Å². The van der Waals surface area contributed by atoms with Gasteiger partial charge in [0.1, 0.15) is 23.8 Å². The number of hydrogen-bond acceptors (Lipinski definition) is 5. The van der Waals surface area contributed by atoms with E-state index in [1.165, 1.54) is 12.1 Å². The smallest absolute Gasteiger partial charge is 0.152 e. The van der Waals surface area contributed by atoms with Crippen molar-refractivity contribution in [1.29, 1.82) is 0 Å². The van der Waals surface area contributed by atoms with Gasteiger partial charge in [0.15, 0.2) is 5.82 Å². The number of imidazole rings is 1. The summed E-state index contributed by atoms with van der Waals surface area (Å²) in [5.74, 6) is 1.04. The Morgan fingerprint density at radius 3 is 2.82 bits per heavy atom. The second-order valence-corrected chi connectivity index (χ2v) is 6.86. The maximum absolute atomic E-state index is 13.1. The third-order valence-corrected chi connectivity index (χ3v) is 5.03. The van der Waals surface area contributed by atoms with Crippen LogP contribution >= 0.6 is 0 Å². The highest BCUT2D eigenvalue weighted by molar-refractivity contribution is 6.08. The highest BCUT2D eigenvalue weighted by Gasteiger charge is 2.21. The van der Waals surface area contributed by atoms with Gasteiger partial charge >= 0.3 is 0 Å². The number of anilines is 1. The van der Waals surface area contributed by atoms with E-state index in [9.17, 15) is 4.39 Å². The minimum atomic E-state index is -0.252. The molecule has 4 aromatic rings. The highest BCUT2D eigenvalue weighted by atomic mass is 19.1. The van der Waals surface area contributed by atoms with Crippen LogP contribution < -0.4 is 5.73 Å². The van der Waals surface area contributed by atoms with Gasteiger partial charge in [-0.2, -0.15) is 0 Å². The van der Waals surface area contributed by atoms with Gasteiger partial charge in [-0.15, -0.1) is 0 Å². The number of rotatable bonds is 4. The number of pyridine rings is 1. The topological polar surface area (TPSA) is 75.2 Å². The molecule has 3 heterocycles. The molecule has 0 unspecified atom stereocenters. The monoisotopic (exact) mass is 378 g/mol. The van der Waals surface area contributed by atoms with Gasteiger partial charge in [0.25, 0.3) is 0 Å². The van der Waals surface area contributed by atoms with Crippen LogP contribution in [0.4, 0.5) is 10.2 Å². The Bertz CT molecular complexity index is 1170. The van der Waals surface area contributed by atoms with Gasteiger partial charge in [-0.1, -0.05) is 24.3 Å². The largest absolute Gasteiger partial charge is 0.382 e. The fourth-order valence-electron chi connectivity index (χ4n) is 3.72. The van der Waals surface area contributed by atoms with Crippen molar-refractivity contribution in [2.24, 2.45) is 0 Å². The lowest BCUT2D eigenvalue weighted by Crippen LogP contribution is -2.16. The van der Waals surface area contributed by atoms with E-state index in [1.807, 2.05) is 18.2 Å². The van der Waals surface area contributed by atoms with Crippen LogP contribution in [0.5, 0.6) is 0 Å². The van der Waals surface area contributed by atoms with Crippen molar-refractivity contribution in [3.63, 3.8) is 0 Å². The molecule has 1 aliphatic heterocycles. The predicted octanol–water partition coefficient (Wildman–Crippen LogP) is 3.55. The molecule has 0 aliphatic carbocycles.